The number of urea groups is 1. The topological polar surface area (TPSA) is 105 Å². The Kier molecular flexibility index (Phi) is 4.77. The minimum absolute atomic E-state index is 0.431. The number of amides is 2. The molecule has 0 saturated carbocycles. The number of carbonyl (C=O) groups is 1. The lowest BCUT2D eigenvalue weighted by Gasteiger charge is -2.08. The Morgan fingerprint density at radius 1 is 1.56 bits per heavy atom. The quantitative estimate of drug-likeness (QED) is 0.586. The second-order valence-corrected chi connectivity index (χ2v) is 3.71. The Bertz CT molecular complexity index is 372. The van der Waals surface area contributed by atoms with Crippen molar-refractivity contribution in [3.8, 4) is 0 Å². The molecule has 0 spiro atoms. The molecule has 1 aromatic rings. The van der Waals surface area contributed by atoms with Gasteiger partial charge in [0, 0.05) is 26.3 Å². The minimum Gasteiger partial charge on any atom is -0.367 e. The van der Waals surface area contributed by atoms with E-state index in [0.29, 0.717) is 24.9 Å². The van der Waals surface area contributed by atoms with Crippen molar-refractivity contribution in [2.45, 2.75) is 0 Å². The zero-order chi connectivity index (χ0) is 12.0. The summed E-state index contributed by atoms with van der Waals surface area (Å²) in [6, 6.07) is -0.542. The number of hydrogen-bond donors (Lipinski definition) is 4. The molecule has 0 aliphatic carbocycles. The third-order valence-corrected chi connectivity index (χ3v) is 2.26. The summed E-state index contributed by atoms with van der Waals surface area (Å²) < 4.78 is 0.755. The number of nitrogens with zero attached hydrogens (tertiary/aromatic N) is 2. The Balaban J connectivity index is 2.49. The first-order valence-corrected chi connectivity index (χ1v) is 5.40. The highest BCUT2D eigenvalue weighted by Gasteiger charge is 2.03. The Hall–Kier alpha value is -1.57. The van der Waals surface area contributed by atoms with Gasteiger partial charge >= 0.3 is 6.03 Å². The molecular formula is C8H13BrN6O. The summed E-state index contributed by atoms with van der Waals surface area (Å²) in [7, 11) is 1.74. The molecule has 0 fully saturated rings. The van der Waals surface area contributed by atoms with Gasteiger partial charge in [-0.05, 0) is 15.9 Å². The van der Waals surface area contributed by atoms with Gasteiger partial charge < -0.3 is 21.7 Å². The van der Waals surface area contributed by atoms with Crippen LogP contribution in [0.25, 0.3) is 0 Å². The summed E-state index contributed by atoms with van der Waals surface area (Å²) in [6.07, 6.45) is 1.64. The average molecular weight is 289 g/mol. The van der Waals surface area contributed by atoms with Crippen molar-refractivity contribution < 1.29 is 4.79 Å². The van der Waals surface area contributed by atoms with Gasteiger partial charge in [0.05, 0.1) is 4.47 Å². The molecule has 0 radical (unpaired) electrons. The van der Waals surface area contributed by atoms with E-state index in [1.807, 2.05) is 0 Å². The van der Waals surface area contributed by atoms with Gasteiger partial charge in [0.2, 0.25) is 5.95 Å². The normalized spacial score (nSPS) is 9.62. The first kappa shape index (κ1) is 12.5. The maximum Gasteiger partial charge on any atom is 0.312 e. The molecule has 1 aromatic heterocycles. The van der Waals surface area contributed by atoms with Gasteiger partial charge in [-0.2, -0.15) is 4.98 Å². The summed E-state index contributed by atoms with van der Waals surface area (Å²) in [5, 5.41) is 8.33. The van der Waals surface area contributed by atoms with Crippen molar-refractivity contribution in [2.24, 2.45) is 5.73 Å². The number of halogens is 1. The molecule has 88 valence electrons. The molecule has 0 aromatic carbocycles. The predicted molar refractivity (Wildman–Crippen MR) is 65.4 cm³/mol. The van der Waals surface area contributed by atoms with E-state index in [1.165, 1.54) is 0 Å². The van der Waals surface area contributed by atoms with Crippen LogP contribution in [0.4, 0.5) is 16.6 Å². The highest BCUT2D eigenvalue weighted by molar-refractivity contribution is 9.10. The molecule has 0 saturated heterocycles. The Morgan fingerprint density at radius 2 is 2.31 bits per heavy atom. The molecule has 16 heavy (non-hydrogen) atoms. The van der Waals surface area contributed by atoms with Crippen LogP contribution in [0.3, 0.4) is 0 Å². The largest absolute Gasteiger partial charge is 0.367 e. The molecule has 1 heterocycles. The number of anilines is 2. The first-order chi connectivity index (χ1) is 7.63. The van der Waals surface area contributed by atoms with Crippen molar-refractivity contribution in [1.29, 1.82) is 0 Å². The highest BCUT2D eigenvalue weighted by Crippen LogP contribution is 2.19. The molecule has 0 aliphatic heterocycles. The number of nitrogens with one attached hydrogen (secondary N) is 3. The molecular weight excluding hydrogens is 276 g/mol. The van der Waals surface area contributed by atoms with Crippen LogP contribution in [-0.2, 0) is 0 Å². The molecule has 0 bridgehead atoms. The number of aromatic nitrogens is 2. The van der Waals surface area contributed by atoms with Gasteiger partial charge in [0.25, 0.3) is 0 Å². The van der Waals surface area contributed by atoms with Crippen molar-refractivity contribution in [3.63, 3.8) is 0 Å². The van der Waals surface area contributed by atoms with E-state index < -0.39 is 6.03 Å². The number of primary amides is 1. The minimum atomic E-state index is -0.542. The summed E-state index contributed by atoms with van der Waals surface area (Å²) in [6.45, 7) is 0.961. The van der Waals surface area contributed by atoms with Gasteiger partial charge in [0.15, 0.2) is 0 Å². The van der Waals surface area contributed by atoms with Crippen LogP contribution >= 0.6 is 15.9 Å². The maximum absolute atomic E-state index is 10.4. The van der Waals surface area contributed by atoms with Gasteiger partial charge in [0.1, 0.15) is 5.82 Å². The molecule has 2 amide bonds. The molecule has 8 heteroatoms. The van der Waals surface area contributed by atoms with Gasteiger partial charge in [-0.25, -0.2) is 9.78 Å². The van der Waals surface area contributed by atoms with Crippen LogP contribution in [0, 0.1) is 0 Å². The van der Waals surface area contributed by atoms with Gasteiger partial charge in [-0.15, -0.1) is 0 Å². The SMILES string of the molecule is CNc1ncc(Br)c(NCCNC(N)=O)n1. The van der Waals surface area contributed by atoms with E-state index in [1.54, 1.807) is 13.2 Å². The third-order valence-electron chi connectivity index (χ3n) is 1.68. The second-order valence-electron chi connectivity index (χ2n) is 2.86. The van der Waals surface area contributed by atoms with E-state index in [2.05, 4.69) is 41.8 Å². The van der Waals surface area contributed by atoms with Crippen LogP contribution in [0.15, 0.2) is 10.7 Å². The second kappa shape index (κ2) is 6.11. The Labute approximate surface area is 101 Å². The van der Waals surface area contributed by atoms with Crippen molar-refractivity contribution in [2.75, 3.05) is 30.8 Å². The van der Waals surface area contributed by atoms with Crippen LogP contribution in [0.1, 0.15) is 0 Å². The predicted octanol–water partition coefficient (Wildman–Crippen LogP) is 0.361. The summed E-state index contributed by atoms with van der Waals surface area (Å²) in [5.41, 5.74) is 4.92. The lowest BCUT2D eigenvalue weighted by atomic mass is 10.5. The van der Waals surface area contributed by atoms with Crippen molar-refractivity contribution in [3.05, 3.63) is 10.7 Å². The van der Waals surface area contributed by atoms with E-state index in [9.17, 15) is 4.79 Å². The van der Waals surface area contributed by atoms with Crippen molar-refractivity contribution >= 4 is 33.7 Å². The van der Waals surface area contributed by atoms with E-state index >= 15 is 0 Å². The third kappa shape index (κ3) is 3.89. The lowest BCUT2D eigenvalue weighted by Crippen LogP contribution is -2.33. The van der Waals surface area contributed by atoms with Crippen molar-refractivity contribution in [1.82, 2.24) is 15.3 Å². The summed E-state index contributed by atoms with van der Waals surface area (Å²) in [4.78, 5) is 18.6. The molecule has 0 aliphatic rings. The standard InChI is InChI=1S/C8H13BrN6O/c1-11-8-14-4-5(9)6(15-8)12-2-3-13-7(10)16/h4H,2-3H2,1H3,(H3,10,13,16)(H2,11,12,14,15). The molecule has 7 nitrogen and oxygen atoms in total. The Morgan fingerprint density at radius 3 is 2.94 bits per heavy atom. The fourth-order valence-corrected chi connectivity index (χ4v) is 1.31. The monoisotopic (exact) mass is 288 g/mol. The van der Waals surface area contributed by atoms with Crippen LogP contribution < -0.4 is 21.7 Å². The fourth-order valence-electron chi connectivity index (χ4n) is 0.978. The number of carbonyl (C=O) groups excluding carboxylic acids is 1. The highest BCUT2D eigenvalue weighted by atomic mass is 79.9. The summed E-state index contributed by atoms with van der Waals surface area (Å²) in [5.74, 6) is 1.18. The fraction of sp³-hybridized carbons (Fsp3) is 0.375. The zero-order valence-electron chi connectivity index (χ0n) is 8.75. The summed E-state index contributed by atoms with van der Waals surface area (Å²) >= 11 is 3.31. The molecule has 5 N–H and O–H groups in total. The van der Waals surface area contributed by atoms with Gasteiger partial charge in [-0.3, -0.25) is 0 Å². The number of nitrogens with two attached hydrogens (primary N) is 1. The number of hydrogen-bond acceptors (Lipinski definition) is 5. The smallest absolute Gasteiger partial charge is 0.312 e. The van der Waals surface area contributed by atoms with Gasteiger partial charge in [-0.1, -0.05) is 0 Å². The molecule has 0 unspecified atom stereocenters. The van der Waals surface area contributed by atoms with Crippen LogP contribution in [-0.4, -0.2) is 36.1 Å². The van der Waals surface area contributed by atoms with Crippen LogP contribution in [0.2, 0.25) is 0 Å². The first-order valence-electron chi connectivity index (χ1n) is 4.61. The number of rotatable bonds is 5. The average Bonchev–Trinajstić information content (AvgIpc) is 2.26. The zero-order valence-corrected chi connectivity index (χ0v) is 10.3. The van der Waals surface area contributed by atoms with E-state index in [0.717, 1.165) is 4.47 Å². The van der Waals surface area contributed by atoms with E-state index in [-0.39, 0.29) is 0 Å². The maximum atomic E-state index is 10.4. The lowest BCUT2D eigenvalue weighted by molar-refractivity contribution is 0.249. The van der Waals surface area contributed by atoms with E-state index in [4.69, 9.17) is 5.73 Å². The molecule has 1 rings (SSSR count). The van der Waals surface area contributed by atoms with Crippen LogP contribution in [0.5, 0.6) is 0 Å². The molecule has 0 atom stereocenters.